The van der Waals surface area contributed by atoms with Crippen LogP contribution in [0.2, 0.25) is 0 Å². The average molecular weight is 310 g/mol. The minimum Gasteiger partial charge on any atom is -0.383 e. The third kappa shape index (κ3) is 8.02. The number of halogens is 3. The molecule has 0 heterocycles. The molecule has 126 valence electrons. The SMILES string of the molecule is COCCNCC1(CN(C)CC(F)(F)F)CCCCCC1. The van der Waals surface area contributed by atoms with E-state index in [1.165, 1.54) is 17.7 Å². The van der Waals surface area contributed by atoms with Gasteiger partial charge in [-0.15, -0.1) is 0 Å². The van der Waals surface area contributed by atoms with Gasteiger partial charge in [0.1, 0.15) is 0 Å². The number of nitrogens with zero attached hydrogens (tertiary/aromatic N) is 1. The second-order valence-corrected chi connectivity index (χ2v) is 6.37. The van der Waals surface area contributed by atoms with Gasteiger partial charge < -0.3 is 10.1 Å². The third-order valence-electron chi connectivity index (χ3n) is 4.20. The first kappa shape index (κ1) is 18.7. The lowest BCUT2D eigenvalue weighted by atomic mass is 9.79. The van der Waals surface area contributed by atoms with Crippen molar-refractivity contribution < 1.29 is 17.9 Å². The van der Waals surface area contributed by atoms with Crippen molar-refractivity contribution in [2.24, 2.45) is 5.41 Å². The lowest BCUT2D eigenvalue weighted by Crippen LogP contribution is -2.45. The highest BCUT2D eigenvalue weighted by Gasteiger charge is 2.35. The summed E-state index contributed by atoms with van der Waals surface area (Å²) in [6, 6.07) is 0. The maximum Gasteiger partial charge on any atom is 0.401 e. The molecule has 1 rings (SSSR count). The summed E-state index contributed by atoms with van der Waals surface area (Å²) in [6.07, 6.45) is 2.53. The number of methoxy groups -OCH3 is 1. The van der Waals surface area contributed by atoms with Crippen molar-refractivity contribution in [2.75, 3.05) is 46.9 Å². The fraction of sp³-hybridized carbons (Fsp3) is 1.00. The Kier molecular flexibility index (Phi) is 7.98. The molecule has 0 spiro atoms. The minimum atomic E-state index is -4.12. The first-order valence-electron chi connectivity index (χ1n) is 7.82. The molecule has 0 atom stereocenters. The van der Waals surface area contributed by atoms with E-state index >= 15 is 0 Å². The molecular weight excluding hydrogens is 281 g/mol. The molecule has 0 radical (unpaired) electrons. The summed E-state index contributed by atoms with van der Waals surface area (Å²) in [6.45, 7) is 1.84. The largest absolute Gasteiger partial charge is 0.401 e. The van der Waals surface area contributed by atoms with Gasteiger partial charge in [-0.25, -0.2) is 0 Å². The van der Waals surface area contributed by atoms with Crippen LogP contribution in [0.5, 0.6) is 0 Å². The van der Waals surface area contributed by atoms with Crippen LogP contribution in [0.25, 0.3) is 0 Å². The summed E-state index contributed by atoms with van der Waals surface area (Å²) >= 11 is 0. The van der Waals surface area contributed by atoms with Gasteiger partial charge in [-0.3, -0.25) is 4.90 Å². The standard InChI is InChI=1S/C15H29F3N2O/c1-20(13-15(16,17)18)12-14(11-19-9-10-21-2)7-5-3-4-6-8-14/h19H,3-13H2,1-2H3. The number of hydrogen-bond donors (Lipinski definition) is 1. The van der Waals surface area contributed by atoms with E-state index in [0.29, 0.717) is 13.2 Å². The molecule has 1 saturated carbocycles. The molecule has 0 saturated heterocycles. The van der Waals surface area contributed by atoms with E-state index < -0.39 is 12.7 Å². The lowest BCUT2D eigenvalue weighted by Gasteiger charge is -2.37. The summed E-state index contributed by atoms with van der Waals surface area (Å²) in [5.74, 6) is 0. The average Bonchev–Trinajstić information content (AvgIpc) is 2.58. The molecule has 21 heavy (non-hydrogen) atoms. The fourth-order valence-electron chi connectivity index (χ4n) is 3.33. The van der Waals surface area contributed by atoms with Crippen molar-refractivity contribution in [3.05, 3.63) is 0 Å². The minimum absolute atomic E-state index is 0.0375. The van der Waals surface area contributed by atoms with Crippen molar-refractivity contribution in [1.29, 1.82) is 0 Å². The Bertz CT molecular complexity index is 277. The Hall–Kier alpha value is -0.330. The Morgan fingerprint density at radius 1 is 1.14 bits per heavy atom. The summed E-state index contributed by atoms with van der Waals surface area (Å²) in [5, 5.41) is 3.36. The number of alkyl halides is 3. The van der Waals surface area contributed by atoms with Gasteiger partial charge in [0.2, 0.25) is 0 Å². The van der Waals surface area contributed by atoms with E-state index in [4.69, 9.17) is 4.74 Å². The van der Waals surface area contributed by atoms with Crippen LogP contribution in [0.1, 0.15) is 38.5 Å². The zero-order valence-corrected chi connectivity index (χ0v) is 13.3. The molecule has 0 amide bonds. The van der Waals surface area contributed by atoms with E-state index in [1.54, 1.807) is 14.2 Å². The zero-order valence-electron chi connectivity index (χ0n) is 13.3. The van der Waals surface area contributed by atoms with Crippen LogP contribution in [0, 0.1) is 5.41 Å². The van der Waals surface area contributed by atoms with Crippen LogP contribution < -0.4 is 5.32 Å². The molecule has 3 nitrogen and oxygen atoms in total. The molecule has 6 heteroatoms. The van der Waals surface area contributed by atoms with Gasteiger partial charge in [-0.2, -0.15) is 13.2 Å². The van der Waals surface area contributed by atoms with Crippen molar-refractivity contribution >= 4 is 0 Å². The van der Waals surface area contributed by atoms with Crippen LogP contribution in [0.3, 0.4) is 0 Å². The summed E-state index contributed by atoms with van der Waals surface area (Å²) < 4.78 is 42.6. The third-order valence-corrected chi connectivity index (χ3v) is 4.20. The van der Waals surface area contributed by atoms with E-state index in [-0.39, 0.29) is 5.41 Å². The van der Waals surface area contributed by atoms with Gasteiger partial charge in [-0.05, 0) is 25.3 Å². The molecule has 0 aromatic heterocycles. The van der Waals surface area contributed by atoms with Crippen molar-refractivity contribution in [3.63, 3.8) is 0 Å². The summed E-state index contributed by atoms with van der Waals surface area (Å²) in [5.41, 5.74) is -0.0375. The van der Waals surface area contributed by atoms with Crippen molar-refractivity contribution in [2.45, 2.75) is 44.7 Å². The smallest absolute Gasteiger partial charge is 0.383 e. The molecule has 0 unspecified atom stereocenters. The Morgan fingerprint density at radius 3 is 2.29 bits per heavy atom. The second kappa shape index (κ2) is 8.96. The summed E-state index contributed by atoms with van der Waals surface area (Å²) in [7, 11) is 3.23. The summed E-state index contributed by atoms with van der Waals surface area (Å²) in [4.78, 5) is 1.43. The van der Waals surface area contributed by atoms with Gasteiger partial charge in [0.15, 0.2) is 0 Å². The van der Waals surface area contributed by atoms with E-state index in [2.05, 4.69) is 5.32 Å². The first-order valence-corrected chi connectivity index (χ1v) is 7.82. The van der Waals surface area contributed by atoms with Gasteiger partial charge in [-0.1, -0.05) is 25.7 Å². The van der Waals surface area contributed by atoms with Gasteiger partial charge in [0.25, 0.3) is 0 Å². The monoisotopic (exact) mass is 310 g/mol. The number of nitrogens with one attached hydrogen (secondary N) is 1. The number of hydrogen-bond acceptors (Lipinski definition) is 3. The maximum absolute atomic E-state index is 12.5. The first-order chi connectivity index (χ1) is 9.87. The van der Waals surface area contributed by atoms with E-state index in [1.807, 2.05) is 0 Å². The Labute approximate surface area is 126 Å². The molecule has 0 aliphatic heterocycles. The highest BCUT2D eigenvalue weighted by Crippen LogP contribution is 2.35. The van der Waals surface area contributed by atoms with Crippen molar-refractivity contribution in [3.8, 4) is 0 Å². The van der Waals surface area contributed by atoms with Crippen LogP contribution in [-0.2, 0) is 4.74 Å². The molecule has 1 aliphatic rings. The maximum atomic E-state index is 12.5. The van der Waals surface area contributed by atoms with Crippen molar-refractivity contribution in [1.82, 2.24) is 10.2 Å². The van der Waals surface area contributed by atoms with Crippen LogP contribution >= 0.6 is 0 Å². The Balaban J connectivity index is 2.57. The van der Waals surface area contributed by atoms with E-state index in [9.17, 15) is 13.2 Å². The van der Waals surface area contributed by atoms with Crippen LogP contribution in [-0.4, -0.2) is 58.0 Å². The lowest BCUT2D eigenvalue weighted by molar-refractivity contribution is -0.146. The number of ether oxygens (including phenoxy) is 1. The molecule has 1 aliphatic carbocycles. The fourth-order valence-corrected chi connectivity index (χ4v) is 3.33. The quantitative estimate of drug-likeness (QED) is 0.551. The van der Waals surface area contributed by atoms with Gasteiger partial charge >= 0.3 is 6.18 Å². The number of rotatable bonds is 8. The predicted molar refractivity (Wildman–Crippen MR) is 78.4 cm³/mol. The normalized spacial score (nSPS) is 19.7. The van der Waals surface area contributed by atoms with E-state index in [0.717, 1.165) is 38.8 Å². The van der Waals surface area contributed by atoms with Gasteiger partial charge in [0.05, 0.1) is 13.2 Å². The van der Waals surface area contributed by atoms with Crippen LogP contribution in [0.4, 0.5) is 13.2 Å². The Morgan fingerprint density at radius 2 is 1.76 bits per heavy atom. The molecule has 0 bridgehead atoms. The molecule has 0 aromatic carbocycles. The van der Waals surface area contributed by atoms with Gasteiger partial charge in [0, 0.05) is 26.7 Å². The highest BCUT2D eigenvalue weighted by atomic mass is 19.4. The second-order valence-electron chi connectivity index (χ2n) is 6.37. The zero-order chi connectivity index (χ0) is 15.8. The topological polar surface area (TPSA) is 24.5 Å². The molecule has 1 fully saturated rings. The molecule has 0 aromatic rings. The molecular formula is C15H29F3N2O. The van der Waals surface area contributed by atoms with Crippen LogP contribution in [0.15, 0.2) is 0 Å². The highest BCUT2D eigenvalue weighted by molar-refractivity contribution is 4.86. The molecule has 1 N–H and O–H groups in total. The predicted octanol–water partition coefficient (Wildman–Crippen LogP) is 3.06.